The van der Waals surface area contributed by atoms with Crippen molar-refractivity contribution in [3.05, 3.63) is 94.0 Å². The molecule has 180 valence electrons. The number of rotatable bonds is 9. The number of halogens is 1. The van der Waals surface area contributed by atoms with Crippen LogP contribution in [-0.4, -0.2) is 27.7 Å². The largest absolute Gasteiger partial charge is 0.496 e. The van der Waals surface area contributed by atoms with Gasteiger partial charge in [0.05, 0.1) is 31.6 Å². The van der Waals surface area contributed by atoms with Gasteiger partial charge in [-0.25, -0.2) is 8.42 Å². The fourth-order valence-corrected chi connectivity index (χ4v) is 4.73. The molecule has 3 rings (SSSR count). The lowest BCUT2D eigenvalue weighted by Gasteiger charge is -2.23. The number of nitrogens with one attached hydrogen (secondary N) is 1. The van der Waals surface area contributed by atoms with Crippen molar-refractivity contribution >= 4 is 33.2 Å². The van der Waals surface area contributed by atoms with Crippen LogP contribution in [0.25, 0.3) is 0 Å². The number of aryl methyl sites for hydroxylation is 1. The van der Waals surface area contributed by atoms with Gasteiger partial charge in [0.15, 0.2) is 0 Å². The van der Waals surface area contributed by atoms with Crippen LogP contribution in [0, 0.1) is 6.92 Å². The normalized spacial score (nSPS) is 12.1. The van der Waals surface area contributed by atoms with Crippen molar-refractivity contribution in [2.75, 3.05) is 17.7 Å². The SMILES string of the molecule is CCC(NC(=O)c1ccc(N(Cc2ccc(Cl)cc2)S(C)(=O)=O)cc1)c1ccc(OC)c(C)c1. The van der Waals surface area contributed by atoms with E-state index in [0.717, 1.165) is 35.1 Å². The Morgan fingerprint density at radius 1 is 1.06 bits per heavy atom. The van der Waals surface area contributed by atoms with Crippen LogP contribution in [-0.2, 0) is 16.6 Å². The minimum atomic E-state index is -3.54. The maximum absolute atomic E-state index is 12.9. The zero-order chi connectivity index (χ0) is 24.9. The molecule has 0 aromatic heterocycles. The zero-order valence-electron chi connectivity index (χ0n) is 19.7. The number of nitrogens with zero attached hydrogens (tertiary/aromatic N) is 1. The van der Waals surface area contributed by atoms with Crippen molar-refractivity contribution in [1.82, 2.24) is 5.32 Å². The maximum atomic E-state index is 12.9. The Morgan fingerprint density at radius 2 is 1.71 bits per heavy atom. The number of anilines is 1. The molecule has 1 unspecified atom stereocenters. The summed E-state index contributed by atoms with van der Waals surface area (Å²) in [5, 5.41) is 3.65. The highest BCUT2D eigenvalue weighted by molar-refractivity contribution is 7.92. The quantitative estimate of drug-likeness (QED) is 0.420. The predicted octanol–water partition coefficient (Wildman–Crippen LogP) is 5.50. The van der Waals surface area contributed by atoms with E-state index in [1.165, 1.54) is 4.31 Å². The van der Waals surface area contributed by atoms with Crippen LogP contribution in [0.1, 0.15) is 46.4 Å². The van der Waals surface area contributed by atoms with E-state index in [-0.39, 0.29) is 18.5 Å². The van der Waals surface area contributed by atoms with E-state index in [1.54, 1.807) is 55.6 Å². The summed E-state index contributed by atoms with van der Waals surface area (Å²) in [4.78, 5) is 12.9. The predicted molar refractivity (Wildman–Crippen MR) is 137 cm³/mol. The topological polar surface area (TPSA) is 75.7 Å². The lowest BCUT2D eigenvalue weighted by Crippen LogP contribution is -2.30. The molecule has 3 aromatic carbocycles. The molecule has 0 spiro atoms. The lowest BCUT2D eigenvalue weighted by molar-refractivity contribution is 0.0935. The molecule has 0 aliphatic heterocycles. The average Bonchev–Trinajstić information content (AvgIpc) is 2.81. The highest BCUT2D eigenvalue weighted by atomic mass is 35.5. The summed E-state index contributed by atoms with van der Waals surface area (Å²) in [6.45, 7) is 4.14. The summed E-state index contributed by atoms with van der Waals surface area (Å²) in [6.07, 6.45) is 1.88. The van der Waals surface area contributed by atoms with Gasteiger partial charge in [0.2, 0.25) is 10.0 Å². The molecule has 1 amide bonds. The fraction of sp³-hybridized carbons (Fsp3) is 0.269. The number of amides is 1. The fourth-order valence-electron chi connectivity index (χ4n) is 3.72. The molecule has 6 nitrogen and oxygen atoms in total. The molecule has 0 saturated heterocycles. The van der Waals surface area contributed by atoms with E-state index in [9.17, 15) is 13.2 Å². The van der Waals surface area contributed by atoms with Gasteiger partial charge in [-0.2, -0.15) is 0 Å². The number of ether oxygens (including phenoxy) is 1. The van der Waals surface area contributed by atoms with Crippen molar-refractivity contribution in [3.8, 4) is 5.75 Å². The summed E-state index contributed by atoms with van der Waals surface area (Å²) in [6, 6.07) is 19.3. The van der Waals surface area contributed by atoms with Crippen molar-refractivity contribution in [2.24, 2.45) is 0 Å². The minimum absolute atomic E-state index is 0.158. The number of methoxy groups -OCH3 is 1. The second-order valence-corrected chi connectivity index (χ2v) is 10.4. The van der Waals surface area contributed by atoms with Gasteiger partial charge < -0.3 is 10.1 Å². The smallest absolute Gasteiger partial charge is 0.251 e. The molecular weight excluding hydrogens is 472 g/mol. The van der Waals surface area contributed by atoms with Gasteiger partial charge in [-0.05, 0) is 72.5 Å². The summed E-state index contributed by atoms with van der Waals surface area (Å²) >= 11 is 5.93. The third-order valence-electron chi connectivity index (χ3n) is 5.59. The Balaban J connectivity index is 1.77. The van der Waals surface area contributed by atoms with Gasteiger partial charge in [0.1, 0.15) is 5.75 Å². The first-order valence-corrected chi connectivity index (χ1v) is 13.1. The Morgan fingerprint density at radius 3 is 2.24 bits per heavy atom. The first kappa shape index (κ1) is 25.6. The first-order chi connectivity index (χ1) is 16.1. The Bertz CT molecular complexity index is 1240. The van der Waals surface area contributed by atoms with Crippen LogP contribution in [0.5, 0.6) is 5.75 Å². The third-order valence-corrected chi connectivity index (χ3v) is 6.98. The summed E-state index contributed by atoms with van der Waals surface area (Å²) in [7, 11) is -1.91. The zero-order valence-corrected chi connectivity index (χ0v) is 21.3. The lowest BCUT2D eigenvalue weighted by atomic mass is 10.0. The second kappa shape index (κ2) is 10.9. The number of carbonyl (C=O) groups excluding carboxylic acids is 1. The number of carbonyl (C=O) groups is 1. The Hall–Kier alpha value is -3.03. The monoisotopic (exact) mass is 500 g/mol. The molecule has 3 aromatic rings. The summed E-state index contributed by atoms with van der Waals surface area (Å²) in [5.74, 6) is 0.574. The van der Waals surface area contributed by atoms with Gasteiger partial charge in [0, 0.05) is 10.6 Å². The molecule has 34 heavy (non-hydrogen) atoms. The maximum Gasteiger partial charge on any atom is 0.251 e. The van der Waals surface area contributed by atoms with Gasteiger partial charge in [-0.3, -0.25) is 9.10 Å². The van der Waals surface area contributed by atoms with Gasteiger partial charge in [-0.15, -0.1) is 0 Å². The van der Waals surface area contributed by atoms with Gasteiger partial charge in [-0.1, -0.05) is 42.8 Å². The van der Waals surface area contributed by atoms with Crippen molar-refractivity contribution < 1.29 is 17.9 Å². The molecule has 1 atom stereocenters. The van der Waals surface area contributed by atoms with E-state index >= 15 is 0 Å². The van der Waals surface area contributed by atoms with Crippen LogP contribution < -0.4 is 14.4 Å². The van der Waals surface area contributed by atoms with Crippen molar-refractivity contribution in [3.63, 3.8) is 0 Å². The number of hydrogen-bond donors (Lipinski definition) is 1. The minimum Gasteiger partial charge on any atom is -0.496 e. The Labute approximate surface area is 206 Å². The molecule has 0 radical (unpaired) electrons. The van der Waals surface area contributed by atoms with E-state index in [2.05, 4.69) is 5.32 Å². The van der Waals surface area contributed by atoms with Crippen LogP contribution in [0.2, 0.25) is 5.02 Å². The molecule has 0 aliphatic carbocycles. The van der Waals surface area contributed by atoms with Gasteiger partial charge >= 0.3 is 0 Å². The van der Waals surface area contributed by atoms with E-state index in [1.807, 2.05) is 32.0 Å². The van der Waals surface area contributed by atoms with E-state index in [4.69, 9.17) is 16.3 Å². The number of hydrogen-bond acceptors (Lipinski definition) is 4. The molecule has 0 heterocycles. The highest BCUT2D eigenvalue weighted by Gasteiger charge is 2.20. The Kier molecular flexibility index (Phi) is 8.23. The summed E-state index contributed by atoms with van der Waals surface area (Å²) < 4.78 is 31.5. The average molecular weight is 501 g/mol. The molecule has 0 saturated carbocycles. The molecule has 8 heteroatoms. The van der Waals surface area contributed by atoms with Crippen molar-refractivity contribution in [1.29, 1.82) is 0 Å². The standard InChI is InChI=1S/C26H29ClN2O4S/c1-5-24(21-10-15-25(33-3)18(2)16-21)28-26(30)20-8-13-23(14-9-20)29(34(4,31)32)17-19-6-11-22(27)12-7-19/h6-16,24H,5,17H2,1-4H3,(H,28,30). The van der Waals surface area contributed by atoms with Crippen LogP contribution >= 0.6 is 11.6 Å². The first-order valence-electron chi connectivity index (χ1n) is 10.9. The second-order valence-electron chi connectivity index (χ2n) is 8.11. The molecule has 1 N–H and O–H groups in total. The number of sulfonamides is 1. The van der Waals surface area contributed by atoms with Crippen LogP contribution in [0.3, 0.4) is 0 Å². The van der Waals surface area contributed by atoms with Gasteiger partial charge in [0.25, 0.3) is 5.91 Å². The van der Waals surface area contributed by atoms with E-state index in [0.29, 0.717) is 16.3 Å². The molecule has 0 aliphatic rings. The highest BCUT2D eigenvalue weighted by Crippen LogP contribution is 2.26. The summed E-state index contributed by atoms with van der Waals surface area (Å²) in [5.41, 5.74) is 3.73. The molecule has 0 fully saturated rings. The molecular formula is C26H29ClN2O4S. The van der Waals surface area contributed by atoms with Crippen LogP contribution in [0.4, 0.5) is 5.69 Å². The third kappa shape index (κ3) is 6.30. The van der Waals surface area contributed by atoms with Crippen LogP contribution in [0.15, 0.2) is 66.7 Å². The van der Waals surface area contributed by atoms with E-state index < -0.39 is 10.0 Å². The van der Waals surface area contributed by atoms with Crippen molar-refractivity contribution in [2.45, 2.75) is 32.9 Å². The molecule has 0 bridgehead atoms. The number of benzene rings is 3.